The van der Waals surface area contributed by atoms with Crippen LogP contribution in [0.2, 0.25) is 0 Å². The molecule has 2 rings (SSSR count). The van der Waals surface area contributed by atoms with Crippen LogP contribution in [0.1, 0.15) is 0 Å². The number of hydrogen-bond donors (Lipinski definition) is 1. The highest BCUT2D eigenvalue weighted by atomic mass is 16.6. The van der Waals surface area contributed by atoms with E-state index >= 15 is 0 Å². The molecule has 0 aliphatic heterocycles. The van der Waals surface area contributed by atoms with Gasteiger partial charge >= 0.3 is 5.97 Å². The van der Waals surface area contributed by atoms with Crippen LogP contribution in [0.5, 0.6) is 5.75 Å². The SMILES string of the molecule is CN(C)CCOC(=O)COc1cc2cc(N)ccc2n(C)c1=O. The molecule has 1 aromatic heterocycles. The Morgan fingerprint density at radius 1 is 1.30 bits per heavy atom. The maximum absolute atomic E-state index is 12.2. The Balaban J connectivity index is 2.10. The zero-order valence-electron chi connectivity index (χ0n) is 13.5. The fourth-order valence-corrected chi connectivity index (χ4v) is 2.10. The van der Waals surface area contributed by atoms with Crippen LogP contribution in [0, 0.1) is 0 Å². The lowest BCUT2D eigenvalue weighted by Gasteiger charge is -2.12. The second-order valence-electron chi connectivity index (χ2n) is 5.50. The van der Waals surface area contributed by atoms with Gasteiger partial charge in [0.25, 0.3) is 5.56 Å². The second kappa shape index (κ2) is 7.15. The molecule has 0 fully saturated rings. The first-order valence-electron chi connectivity index (χ1n) is 7.21. The first-order valence-corrected chi connectivity index (χ1v) is 7.21. The van der Waals surface area contributed by atoms with Crippen molar-refractivity contribution in [1.29, 1.82) is 0 Å². The van der Waals surface area contributed by atoms with E-state index in [4.69, 9.17) is 15.2 Å². The summed E-state index contributed by atoms with van der Waals surface area (Å²) in [6.45, 7) is 0.598. The van der Waals surface area contributed by atoms with Gasteiger partial charge in [-0.05, 0) is 38.4 Å². The van der Waals surface area contributed by atoms with Crippen molar-refractivity contribution in [3.63, 3.8) is 0 Å². The number of ether oxygens (including phenoxy) is 2. The van der Waals surface area contributed by atoms with Gasteiger partial charge in [-0.3, -0.25) is 4.79 Å². The fraction of sp³-hybridized carbons (Fsp3) is 0.375. The molecule has 0 saturated heterocycles. The van der Waals surface area contributed by atoms with Crippen LogP contribution in [-0.2, 0) is 16.6 Å². The van der Waals surface area contributed by atoms with Crippen LogP contribution in [0.3, 0.4) is 0 Å². The summed E-state index contributed by atoms with van der Waals surface area (Å²) in [6, 6.07) is 6.83. The molecule has 0 atom stereocenters. The predicted octanol–water partition coefficient (Wildman–Crippen LogP) is 0.604. The molecular formula is C16H21N3O4. The van der Waals surface area contributed by atoms with Gasteiger partial charge in [0.1, 0.15) is 6.61 Å². The van der Waals surface area contributed by atoms with Gasteiger partial charge in [-0.1, -0.05) is 0 Å². The highest BCUT2D eigenvalue weighted by molar-refractivity contribution is 5.83. The Labute approximate surface area is 134 Å². The number of pyridine rings is 1. The minimum Gasteiger partial charge on any atom is -0.476 e. The second-order valence-corrected chi connectivity index (χ2v) is 5.50. The normalized spacial score (nSPS) is 11.0. The zero-order chi connectivity index (χ0) is 17.0. The number of esters is 1. The van der Waals surface area contributed by atoms with Gasteiger partial charge in [0.2, 0.25) is 0 Å². The standard InChI is InChI=1S/C16H21N3O4/c1-18(2)6-7-22-15(20)10-23-14-9-11-8-12(17)4-5-13(11)19(3)16(14)21/h4-5,8-9H,6-7,10,17H2,1-3H3. The molecule has 7 heteroatoms. The molecule has 2 N–H and O–H groups in total. The van der Waals surface area contributed by atoms with Crippen LogP contribution < -0.4 is 16.0 Å². The van der Waals surface area contributed by atoms with Crippen LogP contribution in [0.15, 0.2) is 29.1 Å². The number of fused-ring (bicyclic) bond motifs is 1. The lowest BCUT2D eigenvalue weighted by Crippen LogP contribution is -2.25. The van der Waals surface area contributed by atoms with Crippen LogP contribution >= 0.6 is 0 Å². The first-order chi connectivity index (χ1) is 10.9. The van der Waals surface area contributed by atoms with E-state index in [1.54, 1.807) is 31.3 Å². The van der Waals surface area contributed by atoms with E-state index in [0.29, 0.717) is 12.2 Å². The van der Waals surface area contributed by atoms with Crippen molar-refractivity contribution in [2.45, 2.75) is 0 Å². The molecule has 0 bridgehead atoms. The van der Waals surface area contributed by atoms with E-state index in [0.717, 1.165) is 10.9 Å². The van der Waals surface area contributed by atoms with Gasteiger partial charge in [0.05, 0.1) is 5.52 Å². The fourth-order valence-electron chi connectivity index (χ4n) is 2.10. The number of nitrogen functional groups attached to an aromatic ring is 1. The van der Waals surface area contributed by atoms with Gasteiger partial charge in [-0.2, -0.15) is 0 Å². The Morgan fingerprint density at radius 3 is 2.74 bits per heavy atom. The van der Waals surface area contributed by atoms with Crippen molar-refractivity contribution in [3.05, 3.63) is 34.6 Å². The minimum atomic E-state index is -0.512. The smallest absolute Gasteiger partial charge is 0.344 e. The Kier molecular flexibility index (Phi) is 5.23. The molecule has 0 unspecified atom stereocenters. The predicted molar refractivity (Wildman–Crippen MR) is 88.6 cm³/mol. The number of nitrogens with zero attached hydrogens (tertiary/aromatic N) is 2. The van der Waals surface area contributed by atoms with Gasteiger partial charge in [0, 0.05) is 24.7 Å². The monoisotopic (exact) mass is 319 g/mol. The Hall–Kier alpha value is -2.54. The molecule has 2 aromatic rings. The van der Waals surface area contributed by atoms with Gasteiger partial charge < -0.3 is 24.7 Å². The number of likely N-dealkylation sites (N-methyl/N-ethyl adjacent to an activating group) is 1. The number of aromatic nitrogens is 1. The maximum atomic E-state index is 12.2. The van der Waals surface area contributed by atoms with Crippen LogP contribution in [-0.4, -0.2) is 49.3 Å². The Bertz CT molecular complexity index is 768. The number of benzene rings is 1. The van der Waals surface area contributed by atoms with E-state index in [1.807, 2.05) is 19.0 Å². The average Bonchev–Trinajstić information content (AvgIpc) is 2.49. The topological polar surface area (TPSA) is 86.8 Å². The summed E-state index contributed by atoms with van der Waals surface area (Å²) < 4.78 is 11.8. The summed E-state index contributed by atoms with van der Waals surface area (Å²) in [5.41, 5.74) is 6.77. The van der Waals surface area contributed by atoms with E-state index < -0.39 is 5.97 Å². The molecule has 1 heterocycles. The molecule has 124 valence electrons. The number of hydrogen-bond acceptors (Lipinski definition) is 6. The maximum Gasteiger partial charge on any atom is 0.344 e. The summed E-state index contributed by atoms with van der Waals surface area (Å²) in [5.74, 6) is -0.420. The highest BCUT2D eigenvalue weighted by Gasteiger charge is 2.11. The largest absolute Gasteiger partial charge is 0.476 e. The van der Waals surface area contributed by atoms with Crippen molar-refractivity contribution < 1.29 is 14.3 Å². The summed E-state index contributed by atoms with van der Waals surface area (Å²) in [4.78, 5) is 25.7. The van der Waals surface area contributed by atoms with Crippen LogP contribution in [0.4, 0.5) is 5.69 Å². The third-order valence-electron chi connectivity index (χ3n) is 3.36. The number of rotatable bonds is 6. The van der Waals surface area contributed by atoms with Gasteiger partial charge in [-0.15, -0.1) is 0 Å². The summed E-state index contributed by atoms with van der Waals surface area (Å²) in [5, 5.41) is 0.767. The first kappa shape index (κ1) is 16.8. The molecule has 1 aromatic carbocycles. The lowest BCUT2D eigenvalue weighted by molar-refractivity contribution is -0.146. The van der Waals surface area contributed by atoms with E-state index in [2.05, 4.69) is 0 Å². The van der Waals surface area contributed by atoms with Gasteiger partial charge in [-0.25, -0.2) is 4.79 Å². The zero-order valence-corrected chi connectivity index (χ0v) is 13.5. The molecular weight excluding hydrogens is 298 g/mol. The molecule has 0 aliphatic rings. The molecule has 7 nitrogen and oxygen atoms in total. The number of carbonyl (C=O) groups excluding carboxylic acids is 1. The molecule has 0 spiro atoms. The quantitative estimate of drug-likeness (QED) is 0.620. The third-order valence-corrected chi connectivity index (χ3v) is 3.36. The molecule has 23 heavy (non-hydrogen) atoms. The number of nitrogens with two attached hydrogens (primary N) is 1. The van der Waals surface area contributed by atoms with Gasteiger partial charge in [0.15, 0.2) is 12.4 Å². The van der Waals surface area contributed by atoms with E-state index in [1.165, 1.54) is 4.57 Å². The van der Waals surface area contributed by atoms with E-state index in [-0.39, 0.29) is 24.5 Å². The lowest BCUT2D eigenvalue weighted by atomic mass is 10.2. The summed E-state index contributed by atoms with van der Waals surface area (Å²) >= 11 is 0. The number of carbonyl (C=O) groups is 1. The van der Waals surface area contributed by atoms with Crippen LogP contribution in [0.25, 0.3) is 10.9 Å². The van der Waals surface area contributed by atoms with Crippen molar-refractivity contribution in [2.24, 2.45) is 7.05 Å². The van der Waals surface area contributed by atoms with Crippen molar-refractivity contribution >= 4 is 22.6 Å². The molecule has 0 saturated carbocycles. The number of anilines is 1. The number of aryl methyl sites for hydroxylation is 1. The molecule has 0 amide bonds. The summed E-state index contributed by atoms with van der Waals surface area (Å²) in [6.07, 6.45) is 0. The average molecular weight is 319 g/mol. The molecule has 0 aliphatic carbocycles. The van der Waals surface area contributed by atoms with Crippen molar-refractivity contribution in [2.75, 3.05) is 39.6 Å². The summed E-state index contributed by atoms with van der Waals surface area (Å²) in [7, 11) is 5.41. The van der Waals surface area contributed by atoms with E-state index in [9.17, 15) is 9.59 Å². The van der Waals surface area contributed by atoms with Crippen molar-refractivity contribution in [1.82, 2.24) is 9.47 Å². The minimum absolute atomic E-state index is 0.0927. The highest BCUT2D eigenvalue weighted by Crippen LogP contribution is 2.19. The molecule has 0 radical (unpaired) electrons. The van der Waals surface area contributed by atoms with Crippen molar-refractivity contribution in [3.8, 4) is 5.75 Å². The Morgan fingerprint density at radius 2 is 2.04 bits per heavy atom. The third kappa shape index (κ3) is 4.23.